The number of piperazine rings is 1. The lowest BCUT2D eigenvalue weighted by Gasteiger charge is -2.38. The number of nitrogens with zero attached hydrogens (tertiary/aromatic N) is 1. The second kappa shape index (κ2) is 8.30. The van der Waals surface area contributed by atoms with Crippen LogP contribution < -0.4 is 15.1 Å². The first-order chi connectivity index (χ1) is 12.5. The van der Waals surface area contributed by atoms with E-state index in [0.717, 1.165) is 38.3 Å². The Labute approximate surface area is 157 Å². The molecule has 0 aromatic heterocycles. The first kappa shape index (κ1) is 19.0. The van der Waals surface area contributed by atoms with Gasteiger partial charge in [-0.15, -0.1) is 0 Å². The lowest BCUT2D eigenvalue weighted by atomic mass is 9.78. The zero-order chi connectivity index (χ0) is 18.7. The van der Waals surface area contributed by atoms with E-state index >= 15 is 0 Å². The number of anilines is 1. The molecule has 1 aliphatic heterocycles. The van der Waals surface area contributed by atoms with Crippen LogP contribution in [0.5, 0.6) is 5.75 Å². The summed E-state index contributed by atoms with van der Waals surface area (Å²) in [5.41, 5.74) is 0.897. The highest BCUT2D eigenvalue weighted by Gasteiger charge is 2.33. The highest BCUT2D eigenvalue weighted by atomic mass is 16.3. The summed E-state index contributed by atoms with van der Waals surface area (Å²) in [6.07, 6.45) is 3.61. The maximum Gasteiger partial charge on any atom is 0.278 e. The summed E-state index contributed by atoms with van der Waals surface area (Å²) in [6.45, 7) is 10.2. The van der Waals surface area contributed by atoms with E-state index in [4.69, 9.17) is 0 Å². The highest BCUT2D eigenvalue weighted by Crippen LogP contribution is 2.29. The third-order valence-electron chi connectivity index (χ3n) is 6.67. The maximum atomic E-state index is 12.8. The van der Waals surface area contributed by atoms with Crippen molar-refractivity contribution in [1.29, 1.82) is 0 Å². The van der Waals surface area contributed by atoms with E-state index in [1.165, 1.54) is 17.7 Å². The zero-order valence-electron chi connectivity index (χ0n) is 16.4. The van der Waals surface area contributed by atoms with Crippen molar-refractivity contribution in [3.05, 3.63) is 24.3 Å². The van der Waals surface area contributed by atoms with E-state index in [9.17, 15) is 9.90 Å². The molecule has 5 nitrogen and oxygen atoms in total. The number of phenolic OH excluding ortho intramolecular Hbond substituents is 1. The van der Waals surface area contributed by atoms with Crippen LogP contribution in [-0.2, 0) is 4.79 Å². The van der Waals surface area contributed by atoms with Gasteiger partial charge in [-0.3, -0.25) is 4.79 Å². The molecule has 0 spiro atoms. The number of phenols is 1. The van der Waals surface area contributed by atoms with Gasteiger partial charge in [0.15, 0.2) is 6.04 Å². The topological polar surface area (TPSA) is 57.0 Å². The Hall–Kier alpha value is -1.75. The van der Waals surface area contributed by atoms with Crippen molar-refractivity contribution in [3.8, 4) is 5.75 Å². The smallest absolute Gasteiger partial charge is 0.278 e. The first-order valence-corrected chi connectivity index (χ1v) is 10.1. The fourth-order valence-electron chi connectivity index (χ4n) is 4.48. The highest BCUT2D eigenvalue weighted by molar-refractivity contribution is 5.80. The second-order valence-corrected chi connectivity index (χ2v) is 8.24. The Bertz CT molecular complexity index is 613. The predicted molar refractivity (Wildman–Crippen MR) is 105 cm³/mol. The standard InChI is InChI=1S/C21H33N3O2/c1-15-7-6-8-18(16(15)2)22-21(26)17(3)23-11-13-24(14-12-23)19-9-4-5-10-20(19)25/h4-5,9-10,15-18,25H,6-8,11-14H2,1-3H3,(H,22,26)/p+1/t15-,16+,17+,18-/m0/s1. The number of hydrogen-bond donors (Lipinski definition) is 3. The minimum atomic E-state index is -0.0223. The number of carbonyl (C=O) groups is 1. The molecule has 1 aliphatic carbocycles. The fraction of sp³-hybridized carbons (Fsp3) is 0.667. The molecule has 0 unspecified atom stereocenters. The molecule has 5 heteroatoms. The van der Waals surface area contributed by atoms with E-state index in [1.54, 1.807) is 6.07 Å². The number of para-hydroxylation sites is 2. The average molecular weight is 361 g/mol. The molecule has 2 fully saturated rings. The summed E-state index contributed by atoms with van der Waals surface area (Å²) >= 11 is 0. The number of amides is 1. The van der Waals surface area contributed by atoms with Gasteiger partial charge in [0.25, 0.3) is 5.91 Å². The Morgan fingerprint density at radius 1 is 1.23 bits per heavy atom. The number of benzene rings is 1. The molecular formula is C21H34N3O2+. The lowest BCUT2D eigenvalue weighted by Crippen LogP contribution is -3.19. The molecule has 1 heterocycles. The van der Waals surface area contributed by atoms with Crippen LogP contribution >= 0.6 is 0 Å². The second-order valence-electron chi connectivity index (χ2n) is 8.24. The van der Waals surface area contributed by atoms with Gasteiger partial charge in [0.2, 0.25) is 0 Å². The third kappa shape index (κ3) is 4.14. The van der Waals surface area contributed by atoms with Gasteiger partial charge in [0, 0.05) is 6.04 Å². The zero-order valence-corrected chi connectivity index (χ0v) is 16.4. The maximum absolute atomic E-state index is 12.8. The van der Waals surface area contributed by atoms with Crippen LogP contribution in [0, 0.1) is 11.8 Å². The van der Waals surface area contributed by atoms with Gasteiger partial charge >= 0.3 is 0 Å². The Morgan fingerprint density at radius 3 is 2.62 bits per heavy atom. The van der Waals surface area contributed by atoms with Gasteiger partial charge in [-0.1, -0.05) is 38.8 Å². The van der Waals surface area contributed by atoms with E-state index in [2.05, 4.69) is 31.0 Å². The molecule has 1 saturated carbocycles. The van der Waals surface area contributed by atoms with Crippen LogP contribution in [0.25, 0.3) is 0 Å². The molecule has 144 valence electrons. The van der Waals surface area contributed by atoms with Crippen LogP contribution in [0.2, 0.25) is 0 Å². The molecule has 1 aromatic carbocycles. The molecule has 0 bridgehead atoms. The van der Waals surface area contributed by atoms with Gasteiger partial charge < -0.3 is 20.2 Å². The molecule has 26 heavy (non-hydrogen) atoms. The average Bonchev–Trinajstić information content (AvgIpc) is 2.65. The van der Waals surface area contributed by atoms with Crippen molar-refractivity contribution >= 4 is 11.6 Å². The van der Waals surface area contributed by atoms with E-state index in [-0.39, 0.29) is 11.9 Å². The molecule has 3 rings (SSSR count). The normalized spacial score (nSPS) is 28.6. The third-order valence-corrected chi connectivity index (χ3v) is 6.67. The van der Waals surface area contributed by atoms with E-state index < -0.39 is 0 Å². The Balaban J connectivity index is 1.52. The van der Waals surface area contributed by atoms with Crippen molar-refractivity contribution in [2.45, 2.75) is 52.1 Å². The molecule has 1 amide bonds. The van der Waals surface area contributed by atoms with Crippen LogP contribution in [0.4, 0.5) is 5.69 Å². The number of nitrogens with one attached hydrogen (secondary N) is 2. The van der Waals surface area contributed by atoms with Crippen molar-refractivity contribution in [1.82, 2.24) is 5.32 Å². The number of hydrogen-bond acceptors (Lipinski definition) is 3. The van der Waals surface area contributed by atoms with Crippen molar-refractivity contribution in [2.75, 3.05) is 31.1 Å². The predicted octanol–water partition coefficient (Wildman–Crippen LogP) is 1.43. The minimum absolute atomic E-state index is 0.0223. The van der Waals surface area contributed by atoms with Crippen molar-refractivity contribution < 1.29 is 14.8 Å². The monoisotopic (exact) mass is 360 g/mol. The number of carbonyl (C=O) groups excluding carboxylic acids is 1. The fourth-order valence-corrected chi connectivity index (χ4v) is 4.48. The minimum Gasteiger partial charge on any atom is -0.506 e. The molecule has 3 N–H and O–H groups in total. The summed E-state index contributed by atoms with van der Waals surface area (Å²) in [6, 6.07) is 7.80. The van der Waals surface area contributed by atoms with E-state index in [1.807, 2.05) is 18.2 Å². The Kier molecular flexibility index (Phi) is 6.07. The van der Waals surface area contributed by atoms with Crippen LogP contribution in [0.15, 0.2) is 24.3 Å². The molecule has 0 radical (unpaired) electrons. The molecule has 1 aromatic rings. The molecule has 2 aliphatic rings. The quantitative estimate of drug-likeness (QED) is 0.761. The summed E-state index contributed by atoms with van der Waals surface area (Å²) < 4.78 is 0. The summed E-state index contributed by atoms with van der Waals surface area (Å²) in [5.74, 6) is 1.79. The largest absolute Gasteiger partial charge is 0.506 e. The van der Waals surface area contributed by atoms with Crippen molar-refractivity contribution in [3.63, 3.8) is 0 Å². The molecular weight excluding hydrogens is 326 g/mol. The summed E-state index contributed by atoms with van der Waals surface area (Å²) in [7, 11) is 0. The van der Waals surface area contributed by atoms with Crippen molar-refractivity contribution in [2.24, 2.45) is 11.8 Å². The summed E-state index contributed by atoms with van der Waals surface area (Å²) in [4.78, 5) is 16.3. The van der Waals surface area contributed by atoms with Crippen LogP contribution in [-0.4, -0.2) is 49.3 Å². The number of aromatic hydroxyl groups is 1. The van der Waals surface area contributed by atoms with Crippen LogP contribution in [0.1, 0.15) is 40.0 Å². The van der Waals surface area contributed by atoms with Gasteiger partial charge in [0.1, 0.15) is 5.75 Å². The number of rotatable bonds is 4. The van der Waals surface area contributed by atoms with Crippen LogP contribution in [0.3, 0.4) is 0 Å². The molecule has 1 saturated heterocycles. The summed E-state index contributed by atoms with van der Waals surface area (Å²) in [5, 5.41) is 13.4. The molecule has 4 atom stereocenters. The van der Waals surface area contributed by atoms with Gasteiger partial charge in [-0.25, -0.2) is 0 Å². The number of quaternary nitrogens is 1. The van der Waals surface area contributed by atoms with Gasteiger partial charge in [-0.2, -0.15) is 0 Å². The Morgan fingerprint density at radius 2 is 1.92 bits per heavy atom. The van der Waals surface area contributed by atoms with Gasteiger partial charge in [-0.05, 0) is 37.3 Å². The lowest BCUT2D eigenvalue weighted by molar-refractivity contribution is -0.914. The first-order valence-electron chi connectivity index (χ1n) is 10.1. The SMILES string of the molecule is C[C@H]1[C@@H](NC(=O)[C@@H](C)[NH+]2CCN(c3ccccc3O)CC2)CCC[C@@H]1C. The van der Waals surface area contributed by atoms with E-state index in [0.29, 0.717) is 23.6 Å². The van der Waals surface area contributed by atoms with Gasteiger partial charge in [0.05, 0.1) is 31.9 Å².